The average Bonchev–Trinajstić information content (AvgIpc) is 2.91. The summed E-state index contributed by atoms with van der Waals surface area (Å²) in [4.78, 5) is 32.2. The zero-order valence-electron chi connectivity index (χ0n) is 14.6. The minimum Gasteiger partial charge on any atom is -0.464 e. The number of carbonyl (C=O) groups is 2. The maximum Gasteiger partial charge on any atom is 0.341 e. The van der Waals surface area contributed by atoms with Crippen molar-refractivity contribution in [2.75, 3.05) is 13.7 Å². The quantitative estimate of drug-likeness (QED) is 0.684. The van der Waals surface area contributed by atoms with Crippen LogP contribution in [0.5, 0.6) is 0 Å². The number of likely N-dealkylation sites (N-methyl/N-ethyl adjacent to an activating group) is 1. The minimum atomic E-state index is -1.33. The number of hydrogen-bond donors (Lipinski definition) is 0. The van der Waals surface area contributed by atoms with E-state index in [1.165, 1.54) is 4.90 Å². The van der Waals surface area contributed by atoms with Crippen molar-refractivity contribution >= 4 is 22.8 Å². The highest BCUT2D eigenvalue weighted by atomic mass is 16.5. The number of esters is 1. The van der Waals surface area contributed by atoms with Gasteiger partial charge in [0.15, 0.2) is 5.54 Å². The molecule has 0 fully saturated rings. The van der Waals surface area contributed by atoms with Crippen LogP contribution in [0.1, 0.15) is 28.4 Å². The fourth-order valence-corrected chi connectivity index (χ4v) is 3.80. The summed E-state index contributed by atoms with van der Waals surface area (Å²) in [5.41, 5.74) is 1.18. The van der Waals surface area contributed by atoms with Gasteiger partial charge in [-0.15, -0.1) is 0 Å². The maximum absolute atomic E-state index is 13.3. The van der Waals surface area contributed by atoms with Crippen molar-refractivity contribution in [1.29, 1.82) is 0 Å². The summed E-state index contributed by atoms with van der Waals surface area (Å²) in [6, 6.07) is 16.8. The monoisotopic (exact) mass is 346 g/mol. The number of benzene rings is 2. The molecule has 0 aliphatic carbocycles. The number of hydrogen-bond acceptors (Lipinski definition) is 4. The summed E-state index contributed by atoms with van der Waals surface area (Å²) in [6.45, 7) is 1.99. The van der Waals surface area contributed by atoms with Crippen molar-refractivity contribution in [3.63, 3.8) is 0 Å². The van der Waals surface area contributed by atoms with Crippen molar-refractivity contribution in [2.45, 2.75) is 12.5 Å². The van der Waals surface area contributed by atoms with Gasteiger partial charge >= 0.3 is 5.97 Å². The number of pyridine rings is 1. The molecule has 1 aromatic heterocycles. The number of carbonyl (C=O) groups excluding carboxylic acids is 2. The number of nitrogens with zero attached hydrogens (tertiary/aromatic N) is 2. The molecule has 0 saturated heterocycles. The Labute approximate surface area is 151 Å². The molecule has 0 unspecified atom stereocenters. The minimum absolute atomic E-state index is 0.230. The van der Waals surface area contributed by atoms with Gasteiger partial charge in [0.05, 0.1) is 17.7 Å². The third-order valence-corrected chi connectivity index (χ3v) is 4.94. The highest BCUT2D eigenvalue weighted by Gasteiger charge is 2.57. The zero-order chi connectivity index (χ0) is 18.3. The first kappa shape index (κ1) is 16.3. The van der Waals surface area contributed by atoms with Gasteiger partial charge in [0.2, 0.25) is 0 Å². The molecule has 1 amide bonds. The molecule has 3 aromatic rings. The van der Waals surface area contributed by atoms with Crippen LogP contribution < -0.4 is 0 Å². The molecule has 1 atom stereocenters. The van der Waals surface area contributed by atoms with E-state index in [0.29, 0.717) is 16.7 Å². The SMILES string of the molecule is CCOC(=O)[C@]1(c2ccccc2)c2c(cnc3ccccc23)C(=O)N1C. The zero-order valence-corrected chi connectivity index (χ0v) is 14.6. The van der Waals surface area contributed by atoms with Crippen LogP contribution in [0, 0.1) is 0 Å². The van der Waals surface area contributed by atoms with Gasteiger partial charge in [-0.1, -0.05) is 48.5 Å². The molecule has 0 bridgehead atoms. The van der Waals surface area contributed by atoms with Gasteiger partial charge in [0, 0.05) is 24.2 Å². The van der Waals surface area contributed by atoms with Crippen LogP contribution in [0.4, 0.5) is 0 Å². The van der Waals surface area contributed by atoms with Gasteiger partial charge < -0.3 is 9.64 Å². The number of rotatable bonds is 3. The third kappa shape index (κ3) is 2.00. The molecule has 1 aliphatic heterocycles. The topological polar surface area (TPSA) is 59.5 Å². The molecule has 0 spiro atoms. The Balaban J connectivity index is 2.15. The standard InChI is InChI=1S/C21H18N2O3/c1-3-26-20(25)21(14-9-5-4-6-10-14)18-15-11-7-8-12-17(15)22-13-16(18)19(24)23(21)2/h4-13H,3H2,1-2H3/t21-/m0/s1. The van der Waals surface area contributed by atoms with E-state index < -0.39 is 11.5 Å². The van der Waals surface area contributed by atoms with Crippen LogP contribution in [0.15, 0.2) is 60.8 Å². The number of amides is 1. The Morgan fingerprint density at radius 1 is 1.12 bits per heavy atom. The van der Waals surface area contributed by atoms with Crippen LogP contribution >= 0.6 is 0 Å². The molecule has 26 heavy (non-hydrogen) atoms. The lowest BCUT2D eigenvalue weighted by atomic mass is 9.81. The van der Waals surface area contributed by atoms with Crippen LogP contribution in [0.25, 0.3) is 10.9 Å². The van der Waals surface area contributed by atoms with E-state index in [-0.39, 0.29) is 12.5 Å². The molecule has 0 radical (unpaired) electrons. The van der Waals surface area contributed by atoms with Gasteiger partial charge in [-0.05, 0) is 18.6 Å². The normalized spacial score (nSPS) is 18.8. The average molecular weight is 346 g/mol. The van der Waals surface area contributed by atoms with Gasteiger partial charge in [0.1, 0.15) is 0 Å². The predicted molar refractivity (Wildman–Crippen MR) is 97.7 cm³/mol. The summed E-state index contributed by atoms with van der Waals surface area (Å²) in [7, 11) is 1.64. The largest absolute Gasteiger partial charge is 0.464 e. The van der Waals surface area contributed by atoms with Crippen LogP contribution in [-0.2, 0) is 15.1 Å². The Hall–Kier alpha value is -3.21. The van der Waals surface area contributed by atoms with E-state index in [9.17, 15) is 9.59 Å². The van der Waals surface area contributed by atoms with Crippen molar-refractivity contribution in [3.05, 3.63) is 77.5 Å². The molecular weight excluding hydrogens is 328 g/mol. The molecule has 0 N–H and O–H groups in total. The molecule has 2 aromatic carbocycles. The van der Waals surface area contributed by atoms with Gasteiger partial charge in [-0.25, -0.2) is 4.79 Å². The third-order valence-electron chi connectivity index (χ3n) is 4.94. The summed E-state index contributed by atoms with van der Waals surface area (Å²) in [5.74, 6) is -0.702. The summed E-state index contributed by atoms with van der Waals surface area (Å²) in [5, 5.41) is 0.777. The lowest BCUT2D eigenvalue weighted by molar-refractivity contribution is -0.153. The lowest BCUT2D eigenvalue weighted by Gasteiger charge is -2.35. The summed E-state index contributed by atoms with van der Waals surface area (Å²) >= 11 is 0. The van der Waals surface area contributed by atoms with Crippen molar-refractivity contribution in [3.8, 4) is 0 Å². The predicted octanol–water partition coefficient (Wildman–Crippen LogP) is 3.13. The second-order valence-electron chi connectivity index (χ2n) is 6.23. The number of para-hydroxylation sites is 1. The smallest absolute Gasteiger partial charge is 0.341 e. The lowest BCUT2D eigenvalue weighted by Crippen LogP contribution is -2.49. The first-order chi connectivity index (χ1) is 12.6. The highest BCUT2D eigenvalue weighted by molar-refractivity contribution is 6.11. The van der Waals surface area contributed by atoms with Crippen LogP contribution in [0.2, 0.25) is 0 Å². The van der Waals surface area contributed by atoms with E-state index in [2.05, 4.69) is 4.98 Å². The van der Waals surface area contributed by atoms with Gasteiger partial charge in [-0.2, -0.15) is 0 Å². The number of ether oxygens (including phenoxy) is 1. The second kappa shape index (κ2) is 5.95. The fourth-order valence-electron chi connectivity index (χ4n) is 3.80. The molecule has 5 heteroatoms. The molecule has 1 aliphatic rings. The van der Waals surface area contributed by atoms with E-state index >= 15 is 0 Å². The van der Waals surface area contributed by atoms with Gasteiger partial charge in [0.25, 0.3) is 5.91 Å². The molecule has 2 heterocycles. The Bertz CT molecular complexity index is 1020. The molecular formula is C21H18N2O3. The summed E-state index contributed by atoms with van der Waals surface area (Å²) < 4.78 is 5.45. The fraction of sp³-hybridized carbons (Fsp3) is 0.190. The molecule has 130 valence electrons. The van der Waals surface area contributed by atoms with Crippen molar-refractivity contribution in [2.24, 2.45) is 0 Å². The first-order valence-corrected chi connectivity index (χ1v) is 8.51. The second-order valence-corrected chi connectivity index (χ2v) is 6.23. The maximum atomic E-state index is 13.3. The van der Waals surface area contributed by atoms with E-state index in [1.54, 1.807) is 20.2 Å². The summed E-state index contributed by atoms with van der Waals surface area (Å²) in [6.07, 6.45) is 1.56. The van der Waals surface area contributed by atoms with Crippen LogP contribution in [0.3, 0.4) is 0 Å². The highest BCUT2D eigenvalue weighted by Crippen LogP contribution is 2.46. The molecule has 4 rings (SSSR count). The Morgan fingerprint density at radius 2 is 1.81 bits per heavy atom. The van der Waals surface area contributed by atoms with Crippen molar-refractivity contribution < 1.29 is 14.3 Å². The number of fused-ring (bicyclic) bond motifs is 3. The Kier molecular flexibility index (Phi) is 3.72. The van der Waals surface area contributed by atoms with E-state index in [4.69, 9.17) is 4.74 Å². The molecule has 0 saturated carbocycles. The van der Waals surface area contributed by atoms with E-state index in [1.807, 2.05) is 54.6 Å². The van der Waals surface area contributed by atoms with Crippen LogP contribution in [-0.4, -0.2) is 35.4 Å². The van der Waals surface area contributed by atoms with Gasteiger partial charge in [-0.3, -0.25) is 9.78 Å². The van der Waals surface area contributed by atoms with E-state index in [0.717, 1.165) is 10.9 Å². The molecule has 5 nitrogen and oxygen atoms in total. The van der Waals surface area contributed by atoms with Crippen molar-refractivity contribution in [1.82, 2.24) is 9.88 Å². The first-order valence-electron chi connectivity index (χ1n) is 8.51. The number of aromatic nitrogens is 1. The Morgan fingerprint density at radius 3 is 2.54 bits per heavy atom.